The molecule has 1 aliphatic carbocycles. The Morgan fingerprint density at radius 1 is 1.35 bits per heavy atom. The van der Waals surface area contributed by atoms with Crippen LogP contribution in [0.3, 0.4) is 0 Å². The average molecular weight is 276 g/mol. The van der Waals surface area contributed by atoms with Crippen molar-refractivity contribution in [2.75, 3.05) is 30.3 Å². The van der Waals surface area contributed by atoms with Crippen LogP contribution in [0.15, 0.2) is 6.20 Å². The Hall–Kier alpha value is -1.89. The first-order valence-corrected chi connectivity index (χ1v) is 7.06. The number of anilines is 2. The fourth-order valence-corrected chi connectivity index (χ4v) is 2.41. The molecule has 2 aromatic heterocycles. The Kier molecular flexibility index (Phi) is 3.43. The number of aromatic amines is 1. The zero-order valence-electron chi connectivity index (χ0n) is 11.6. The minimum atomic E-state index is 0.244. The van der Waals surface area contributed by atoms with Crippen molar-refractivity contribution in [1.82, 2.24) is 20.2 Å². The summed E-state index contributed by atoms with van der Waals surface area (Å²) in [6.45, 7) is 3.85. The first-order chi connectivity index (χ1) is 9.76. The first kappa shape index (κ1) is 13.1. The van der Waals surface area contributed by atoms with Crippen molar-refractivity contribution in [2.45, 2.75) is 26.2 Å². The van der Waals surface area contributed by atoms with Crippen molar-refractivity contribution in [2.24, 2.45) is 5.41 Å². The summed E-state index contributed by atoms with van der Waals surface area (Å²) in [5.41, 5.74) is 0.971. The molecule has 0 aliphatic heterocycles. The molecule has 0 atom stereocenters. The van der Waals surface area contributed by atoms with Crippen LogP contribution in [0.5, 0.6) is 0 Å². The molecule has 1 fully saturated rings. The topological polar surface area (TPSA) is 98.8 Å². The van der Waals surface area contributed by atoms with Gasteiger partial charge in [0.25, 0.3) is 0 Å². The summed E-state index contributed by atoms with van der Waals surface area (Å²) in [6.07, 6.45) is 4.92. The van der Waals surface area contributed by atoms with Crippen LogP contribution in [0.4, 0.5) is 11.8 Å². The quantitative estimate of drug-likeness (QED) is 0.609. The summed E-state index contributed by atoms with van der Waals surface area (Å²) in [7, 11) is 0. The molecule has 2 heterocycles. The van der Waals surface area contributed by atoms with Crippen molar-refractivity contribution in [3.05, 3.63) is 6.20 Å². The molecule has 4 N–H and O–H groups in total. The lowest BCUT2D eigenvalue weighted by atomic mass is 10.0. The van der Waals surface area contributed by atoms with Crippen LogP contribution in [0.25, 0.3) is 11.0 Å². The van der Waals surface area contributed by atoms with Gasteiger partial charge in [0.05, 0.1) is 11.6 Å². The van der Waals surface area contributed by atoms with Gasteiger partial charge in [0.2, 0.25) is 5.95 Å². The van der Waals surface area contributed by atoms with E-state index in [2.05, 4.69) is 30.8 Å². The average Bonchev–Trinajstić information content (AvgIpc) is 3.03. The molecule has 1 aliphatic rings. The van der Waals surface area contributed by atoms with Crippen molar-refractivity contribution in [3.8, 4) is 0 Å². The second-order valence-corrected chi connectivity index (χ2v) is 5.39. The Labute approximate surface area is 117 Å². The minimum Gasteiger partial charge on any atom is -0.396 e. The van der Waals surface area contributed by atoms with Gasteiger partial charge in [-0.1, -0.05) is 0 Å². The summed E-state index contributed by atoms with van der Waals surface area (Å²) in [5, 5.41) is 23.4. The number of H-pyrrole nitrogens is 1. The molecular formula is C13H20N6O. The lowest BCUT2D eigenvalue weighted by Crippen LogP contribution is -2.18. The minimum absolute atomic E-state index is 0.244. The van der Waals surface area contributed by atoms with Gasteiger partial charge < -0.3 is 15.7 Å². The van der Waals surface area contributed by atoms with Crippen LogP contribution in [0, 0.1) is 5.41 Å². The maximum atomic E-state index is 9.11. The smallest absolute Gasteiger partial charge is 0.226 e. The highest BCUT2D eigenvalue weighted by molar-refractivity contribution is 5.86. The van der Waals surface area contributed by atoms with Gasteiger partial charge in [0, 0.05) is 19.7 Å². The predicted molar refractivity (Wildman–Crippen MR) is 77.7 cm³/mol. The van der Waals surface area contributed by atoms with E-state index in [9.17, 15) is 0 Å². The fraction of sp³-hybridized carbons (Fsp3) is 0.615. The number of rotatable bonds is 7. The number of aromatic nitrogens is 4. The molecule has 7 heteroatoms. The van der Waals surface area contributed by atoms with Crippen molar-refractivity contribution < 1.29 is 5.11 Å². The van der Waals surface area contributed by atoms with E-state index >= 15 is 0 Å². The highest BCUT2D eigenvalue weighted by atomic mass is 16.3. The van der Waals surface area contributed by atoms with Gasteiger partial charge in [-0.15, -0.1) is 0 Å². The van der Waals surface area contributed by atoms with E-state index in [0.29, 0.717) is 5.95 Å². The molecule has 7 nitrogen and oxygen atoms in total. The third-order valence-electron chi connectivity index (χ3n) is 3.87. The SMILES string of the molecule is CCNc1nc(NCC2(CCO)CC2)c2cn[nH]c2n1. The standard InChI is InChI=1S/C13H20N6O/c1-2-14-12-17-10(9-7-16-19-11(9)18-12)15-8-13(3-4-13)5-6-20/h7,20H,2-6,8H2,1H3,(H3,14,15,16,17,18,19). The number of aliphatic hydroxyl groups is 1. The van der Waals surface area contributed by atoms with Gasteiger partial charge >= 0.3 is 0 Å². The molecular weight excluding hydrogens is 256 g/mol. The maximum absolute atomic E-state index is 9.11. The van der Waals surface area contributed by atoms with Gasteiger partial charge in [-0.25, -0.2) is 0 Å². The second kappa shape index (κ2) is 5.24. The third-order valence-corrected chi connectivity index (χ3v) is 3.87. The summed E-state index contributed by atoms with van der Waals surface area (Å²) < 4.78 is 0. The van der Waals surface area contributed by atoms with Gasteiger partial charge in [0.1, 0.15) is 5.82 Å². The molecule has 108 valence electrons. The lowest BCUT2D eigenvalue weighted by molar-refractivity contribution is 0.253. The monoisotopic (exact) mass is 276 g/mol. The Balaban J connectivity index is 1.80. The number of aliphatic hydroxyl groups excluding tert-OH is 1. The Morgan fingerprint density at radius 2 is 2.20 bits per heavy atom. The van der Waals surface area contributed by atoms with Gasteiger partial charge in [-0.05, 0) is 31.6 Å². The zero-order chi connectivity index (χ0) is 14.0. The van der Waals surface area contributed by atoms with Crippen LogP contribution in [0.2, 0.25) is 0 Å². The highest BCUT2D eigenvalue weighted by Crippen LogP contribution is 2.48. The number of hydrogen-bond donors (Lipinski definition) is 4. The summed E-state index contributed by atoms with van der Waals surface area (Å²) in [4.78, 5) is 8.86. The summed E-state index contributed by atoms with van der Waals surface area (Å²) in [5.74, 6) is 1.39. The summed E-state index contributed by atoms with van der Waals surface area (Å²) in [6, 6.07) is 0. The highest BCUT2D eigenvalue weighted by Gasteiger charge is 2.41. The van der Waals surface area contributed by atoms with Crippen LogP contribution >= 0.6 is 0 Å². The van der Waals surface area contributed by atoms with Gasteiger partial charge in [-0.3, -0.25) is 5.10 Å². The van der Waals surface area contributed by atoms with E-state index in [-0.39, 0.29) is 12.0 Å². The van der Waals surface area contributed by atoms with Crippen LogP contribution in [-0.2, 0) is 0 Å². The molecule has 0 amide bonds. The summed E-state index contributed by atoms with van der Waals surface area (Å²) >= 11 is 0. The predicted octanol–water partition coefficient (Wildman–Crippen LogP) is 1.36. The first-order valence-electron chi connectivity index (χ1n) is 7.06. The van der Waals surface area contributed by atoms with Gasteiger partial charge in [-0.2, -0.15) is 15.1 Å². The lowest BCUT2D eigenvalue weighted by Gasteiger charge is -2.15. The molecule has 20 heavy (non-hydrogen) atoms. The molecule has 0 saturated heterocycles. The third kappa shape index (κ3) is 2.53. The molecule has 0 unspecified atom stereocenters. The number of nitrogens with one attached hydrogen (secondary N) is 3. The largest absolute Gasteiger partial charge is 0.396 e. The normalized spacial score (nSPS) is 16.3. The fourth-order valence-electron chi connectivity index (χ4n) is 2.41. The zero-order valence-corrected chi connectivity index (χ0v) is 11.6. The van der Waals surface area contributed by atoms with Crippen LogP contribution < -0.4 is 10.6 Å². The maximum Gasteiger partial charge on any atom is 0.226 e. The van der Waals surface area contributed by atoms with Crippen LogP contribution in [0.1, 0.15) is 26.2 Å². The number of hydrogen-bond acceptors (Lipinski definition) is 6. The van der Waals surface area contributed by atoms with E-state index in [4.69, 9.17) is 5.11 Å². The van der Waals surface area contributed by atoms with E-state index in [1.165, 1.54) is 12.8 Å². The van der Waals surface area contributed by atoms with E-state index in [1.54, 1.807) is 6.20 Å². The Morgan fingerprint density at radius 3 is 2.90 bits per heavy atom. The number of nitrogens with zero attached hydrogens (tertiary/aromatic N) is 3. The Bertz CT molecular complexity index is 592. The van der Waals surface area contributed by atoms with Crippen LogP contribution in [-0.4, -0.2) is 45.0 Å². The van der Waals surface area contributed by atoms with E-state index in [0.717, 1.165) is 36.4 Å². The van der Waals surface area contributed by atoms with Crippen molar-refractivity contribution in [1.29, 1.82) is 0 Å². The molecule has 2 aromatic rings. The van der Waals surface area contributed by atoms with Gasteiger partial charge in [0.15, 0.2) is 5.65 Å². The second-order valence-electron chi connectivity index (χ2n) is 5.39. The van der Waals surface area contributed by atoms with E-state index in [1.807, 2.05) is 6.92 Å². The van der Waals surface area contributed by atoms with Crippen molar-refractivity contribution >= 4 is 22.8 Å². The molecule has 0 spiro atoms. The molecule has 1 saturated carbocycles. The molecule has 3 rings (SSSR count). The molecule has 0 bridgehead atoms. The number of fused-ring (bicyclic) bond motifs is 1. The molecule has 0 radical (unpaired) electrons. The van der Waals surface area contributed by atoms with E-state index < -0.39 is 0 Å². The van der Waals surface area contributed by atoms with Crippen molar-refractivity contribution in [3.63, 3.8) is 0 Å². The molecule has 0 aromatic carbocycles.